The SMILES string of the molecule is C(=C\c1ccc(N(c2ccccc2)c2ccccc2)cc1)/c1ccc(-c2ccc(-c3ccc(/C=C/c4ccc(N(c5ccccc5)c5ccccc5)cc4)cc3)c3nsnc23)cc1. The van der Waals surface area contributed by atoms with E-state index in [0.717, 1.165) is 89.7 Å². The Balaban J connectivity index is 0.812. The van der Waals surface area contributed by atoms with Gasteiger partial charge in [-0.05, 0) is 106 Å². The van der Waals surface area contributed by atoms with Gasteiger partial charge in [0.1, 0.15) is 11.0 Å². The Kier molecular flexibility index (Phi) is 11.3. The highest BCUT2D eigenvalue weighted by molar-refractivity contribution is 7.00. The van der Waals surface area contributed by atoms with Gasteiger partial charge in [0.05, 0.1) is 11.7 Å². The van der Waals surface area contributed by atoms with Gasteiger partial charge >= 0.3 is 0 Å². The van der Waals surface area contributed by atoms with Crippen LogP contribution in [0, 0.1) is 0 Å². The molecule has 9 aromatic carbocycles. The second-order valence-electron chi connectivity index (χ2n) is 15.2. The molecule has 0 N–H and O–H groups in total. The molecule has 1 heterocycles. The highest BCUT2D eigenvalue weighted by Crippen LogP contribution is 2.37. The fourth-order valence-corrected chi connectivity index (χ4v) is 8.51. The summed E-state index contributed by atoms with van der Waals surface area (Å²) in [6.45, 7) is 0. The predicted octanol–water partition coefficient (Wildman–Crippen LogP) is 16.3. The number of nitrogens with zero attached hydrogens (tertiary/aromatic N) is 4. The quantitative estimate of drug-likeness (QED) is 0.115. The summed E-state index contributed by atoms with van der Waals surface area (Å²) < 4.78 is 9.54. The van der Waals surface area contributed by atoms with Crippen LogP contribution in [0.4, 0.5) is 34.1 Å². The van der Waals surface area contributed by atoms with Crippen LogP contribution in [0.25, 0.3) is 57.6 Å². The molecule has 0 aliphatic carbocycles. The summed E-state index contributed by atoms with van der Waals surface area (Å²) in [5.74, 6) is 0. The third-order valence-corrected chi connectivity index (χ3v) is 11.7. The molecule has 0 unspecified atom stereocenters. The maximum absolute atomic E-state index is 4.77. The van der Waals surface area contributed by atoms with E-state index in [1.807, 2.05) is 24.3 Å². The van der Waals surface area contributed by atoms with Crippen molar-refractivity contribution in [3.63, 3.8) is 0 Å². The summed E-state index contributed by atoms with van der Waals surface area (Å²) in [6, 6.07) is 81.0. The van der Waals surface area contributed by atoms with Crippen molar-refractivity contribution in [1.29, 1.82) is 0 Å². The van der Waals surface area contributed by atoms with Crippen LogP contribution >= 0.6 is 11.7 Å². The normalized spacial score (nSPS) is 11.4. The van der Waals surface area contributed by atoms with Crippen LogP contribution < -0.4 is 9.80 Å². The van der Waals surface area contributed by atoms with E-state index in [-0.39, 0.29) is 0 Å². The van der Waals surface area contributed by atoms with Gasteiger partial charge in [0.2, 0.25) is 0 Å². The molecule has 4 nitrogen and oxygen atoms in total. The average molecular weight is 827 g/mol. The molecule has 0 atom stereocenters. The van der Waals surface area contributed by atoms with Crippen molar-refractivity contribution in [3.05, 3.63) is 253 Å². The van der Waals surface area contributed by atoms with E-state index >= 15 is 0 Å². The lowest BCUT2D eigenvalue weighted by atomic mass is 9.96. The lowest BCUT2D eigenvalue weighted by molar-refractivity contribution is 1.28. The smallest absolute Gasteiger partial charge is 0.113 e. The summed E-state index contributed by atoms with van der Waals surface area (Å²) in [7, 11) is 0. The first kappa shape index (κ1) is 39.0. The summed E-state index contributed by atoms with van der Waals surface area (Å²) in [4.78, 5) is 4.55. The maximum Gasteiger partial charge on any atom is 0.113 e. The Morgan fingerprint density at radius 3 is 0.810 bits per heavy atom. The molecule has 0 fully saturated rings. The first-order valence-corrected chi connectivity index (χ1v) is 21.8. The molecular weight excluding hydrogens is 785 g/mol. The van der Waals surface area contributed by atoms with Gasteiger partial charge in [0, 0.05) is 45.3 Å². The van der Waals surface area contributed by atoms with Crippen LogP contribution in [0.3, 0.4) is 0 Å². The van der Waals surface area contributed by atoms with Crippen molar-refractivity contribution in [2.75, 3.05) is 9.80 Å². The molecule has 300 valence electrons. The van der Waals surface area contributed by atoms with Crippen LogP contribution in [-0.4, -0.2) is 8.75 Å². The lowest BCUT2D eigenvalue weighted by Gasteiger charge is -2.25. The van der Waals surface area contributed by atoms with Crippen molar-refractivity contribution >= 4 is 81.2 Å². The van der Waals surface area contributed by atoms with E-state index in [0.29, 0.717) is 0 Å². The lowest BCUT2D eigenvalue weighted by Crippen LogP contribution is -2.09. The average Bonchev–Trinajstić information content (AvgIpc) is 3.86. The van der Waals surface area contributed by atoms with Gasteiger partial charge in [-0.1, -0.05) is 182 Å². The van der Waals surface area contributed by atoms with E-state index in [1.165, 1.54) is 11.7 Å². The number of fused-ring (bicyclic) bond motifs is 1. The second-order valence-corrected chi connectivity index (χ2v) is 15.8. The molecular formula is C58H42N4S. The van der Waals surface area contributed by atoms with Gasteiger partial charge in [-0.15, -0.1) is 0 Å². The molecule has 0 saturated carbocycles. The van der Waals surface area contributed by atoms with Crippen molar-refractivity contribution in [2.45, 2.75) is 0 Å². The van der Waals surface area contributed by atoms with Crippen molar-refractivity contribution in [3.8, 4) is 22.3 Å². The summed E-state index contributed by atoms with van der Waals surface area (Å²) in [5, 5.41) is 0. The van der Waals surface area contributed by atoms with Gasteiger partial charge in [-0.25, -0.2) is 0 Å². The number of anilines is 6. The minimum Gasteiger partial charge on any atom is -0.311 e. The zero-order valence-corrected chi connectivity index (χ0v) is 35.3. The molecule has 10 rings (SSSR count). The molecule has 10 aromatic rings. The molecule has 0 spiro atoms. The number of hydrogen-bond acceptors (Lipinski definition) is 5. The van der Waals surface area contributed by atoms with Crippen LogP contribution in [0.15, 0.2) is 231 Å². The van der Waals surface area contributed by atoms with E-state index < -0.39 is 0 Å². The van der Waals surface area contributed by atoms with Gasteiger partial charge in [0.15, 0.2) is 0 Å². The molecule has 5 heteroatoms. The summed E-state index contributed by atoms with van der Waals surface area (Å²) in [5.41, 5.74) is 17.5. The Morgan fingerprint density at radius 2 is 0.524 bits per heavy atom. The zero-order chi connectivity index (χ0) is 42.2. The number of benzene rings is 9. The molecule has 0 radical (unpaired) electrons. The van der Waals surface area contributed by atoms with Crippen molar-refractivity contribution in [2.24, 2.45) is 0 Å². The van der Waals surface area contributed by atoms with E-state index in [2.05, 4.69) is 240 Å². The number of aromatic nitrogens is 2. The van der Waals surface area contributed by atoms with Crippen LogP contribution in [0.2, 0.25) is 0 Å². The molecule has 63 heavy (non-hydrogen) atoms. The highest BCUT2D eigenvalue weighted by atomic mass is 32.1. The summed E-state index contributed by atoms with van der Waals surface area (Å²) >= 11 is 1.26. The second kappa shape index (κ2) is 18.2. The monoisotopic (exact) mass is 826 g/mol. The minimum absolute atomic E-state index is 0.923. The predicted molar refractivity (Wildman–Crippen MR) is 268 cm³/mol. The maximum atomic E-state index is 4.77. The van der Waals surface area contributed by atoms with Gasteiger partial charge in [-0.3, -0.25) is 0 Å². The van der Waals surface area contributed by atoms with E-state index in [1.54, 1.807) is 0 Å². The summed E-state index contributed by atoms with van der Waals surface area (Å²) in [6.07, 6.45) is 8.65. The van der Waals surface area contributed by atoms with Crippen LogP contribution in [0.5, 0.6) is 0 Å². The first-order valence-electron chi connectivity index (χ1n) is 21.1. The van der Waals surface area contributed by atoms with E-state index in [9.17, 15) is 0 Å². The zero-order valence-electron chi connectivity index (χ0n) is 34.4. The highest BCUT2D eigenvalue weighted by Gasteiger charge is 2.15. The third kappa shape index (κ3) is 8.73. The first-order chi connectivity index (χ1) is 31.2. The third-order valence-electron chi connectivity index (χ3n) is 11.2. The van der Waals surface area contributed by atoms with Gasteiger partial charge in [-0.2, -0.15) is 8.75 Å². The molecule has 0 aliphatic rings. The fourth-order valence-electron chi connectivity index (χ4n) is 7.94. The molecule has 0 amide bonds. The standard InChI is InChI=1S/C58H42N4S/c1-5-13-49(14-6-1)61(50-15-7-2-8-16-50)53-37-29-45(30-38-53)23-21-43-25-33-47(34-26-43)55-41-42-56(58-57(55)59-63-60-58)48-35-27-44(28-36-48)22-24-46-31-39-54(40-32-46)62(51-17-9-3-10-18-51)52-19-11-4-12-20-52/h1-42H/b23-21+,24-22+. The van der Waals surface area contributed by atoms with Crippen LogP contribution in [-0.2, 0) is 0 Å². The fraction of sp³-hybridized carbons (Fsp3) is 0. The van der Waals surface area contributed by atoms with Crippen molar-refractivity contribution < 1.29 is 0 Å². The Labute approximate surface area is 373 Å². The van der Waals surface area contributed by atoms with Crippen molar-refractivity contribution in [1.82, 2.24) is 8.75 Å². The Morgan fingerprint density at radius 1 is 0.270 bits per heavy atom. The van der Waals surface area contributed by atoms with Gasteiger partial charge < -0.3 is 9.80 Å². The number of para-hydroxylation sites is 4. The molecule has 1 aromatic heterocycles. The number of hydrogen-bond donors (Lipinski definition) is 0. The van der Waals surface area contributed by atoms with Crippen LogP contribution in [0.1, 0.15) is 22.3 Å². The Bertz CT molecular complexity index is 2820. The van der Waals surface area contributed by atoms with Gasteiger partial charge in [0.25, 0.3) is 0 Å². The topological polar surface area (TPSA) is 32.3 Å². The molecule has 0 saturated heterocycles. The molecule has 0 bridgehead atoms. The molecule has 0 aliphatic heterocycles. The minimum atomic E-state index is 0.923. The number of rotatable bonds is 12. The largest absolute Gasteiger partial charge is 0.311 e. The van der Waals surface area contributed by atoms with E-state index in [4.69, 9.17) is 8.75 Å². The Hall–Kier alpha value is -8.12.